The third-order valence-electron chi connectivity index (χ3n) is 5.89. The number of aromatic nitrogens is 4. The number of likely N-dealkylation sites (tertiary alicyclic amines) is 1. The molecule has 4 rings (SSSR count). The van der Waals surface area contributed by atoms with Gasteiger partial charge in [-0.15, -0.1) is 0 Å². The molecule has 6 nitrogen and oxygen atoms in total. The van der Waals surface area contributed by atoms with Gasteiger partial charge in [-0.25, -0.2) is 0 Å². The van der Waals surface area contributed by atoms with Crippen LogP contribution in [-0.4, -0.2) is 50.7 Å². The number of hydrogen-bond acceptors (Lipinski definition) is 4. The Hall–Kier alpha value is -1.66. The highest BCUT2D eigenvalue weighted by atomic mass is 16.5. The van der Waals surface area contributed by atoms with Crippen molar-refractivity contribution in [3.63, 3.8) is 0 Å². The summed E-state index contributed by atoms with van der Waals surface area (Å²) in [6.45, 7) is 7.45. The van der Waals surface area contributed by atoms with E-state index in [0.29, 0.717) is 11.8 Å². The summed E-state index contributed by atoms with van der Waals surface area (Å²) >= 11 is 0. The van der Waals surface area contributed by atoms with Crippen molar-refractivity contribution in [2.45, 2.75) is 44.8 Å². The standard InChI is InChI=1S/C19H29N5O/c1-3-24-14-17(12-21-24)15-5-9-23(10-6-15)13-16-7-11-25-19(16)18-4-8-20-22(18)2/h4,8,12,14-16,19H,3,5-7,9-11,13H2,1-2H3/t16-,19+/m0/s1. The highest BCUT2D eigenvalue weighted by Crippen LogP contribution is 2.36. The highest BCUT2D eigenvalue weighted by molar-refractivity contribution is 5.13. The lowest BCUT2D eigenvalue weighted by molar-refractivity contribution is 0.0680. The van der Waals surface area contributed by atoms with Crippen molar-refractivity contribution in [1.82, 2.24) is 24.5 Å². The summed E-state index contributed by atoms with van der Waals surface area (Å²) in [5, 5.41) is 8.75. The van der Waals surface area contributed by atoms with E-state index in [-0.39, 0.29) is 6.10 Å². The van der Waals surface area contributed by atoms with Gasteiger partial charge in [0.15, 0.2) is 0 Å². The third kappa shape index (κ3) is 3.51. The van der Waals surface area contributed by atoms with Gasteiger partial charge in [-0.05, 0) is 56.8 Å². The van der Waals surface area contributed by atoms with Crippen molar-refractivity contribution in [3.8, 4) is 0 Å². The molecule has 0 unspecified atom stereocenters. The zero-order valence-corrected chi connectivity index (χ0v) is 15.3. The second kappa shape index (κ2) is 7.30. The summed E-state index contributed by atoms with van der Waals surface area (Å²) in [5.41, 5.74) is 2.63. The lowest BCUT2D eigenvalue weighted by Gasteiger charge is -2.34. The molecular formula is C19H29N5O. The fourth-order valence-electron chi connectivity index (χ4n) is 4.35. The Morgan fingerprint density at radius 1 is 1.20 bits per heavy atom. The zero-order chi connectivity index (χ0) is 17.2. The highest BCUT2D eigenvalue weighted by Gasteiger charge is 2.34. The molecule has 2 aliphatic rings. The molecule has 2 aromatic rings. The molecule has 0 N–H and O–H groups in total. The second-order valence-electron chi connectivity index (χ2n) is 7.42. The molecule has 0 saturated carbocycles. The molecule has 136 valence electrons. The average molecular weight is 343 g/mol. The Morgan fingerprint density at radius 3 is 2.72 bits per heavy atom. The van der Waals surface area contributed by atoms with E-state index in [0.717, 1.165) is 26.1 Å². The van der Waals surface area contributed by atoms with Gasteiger partial charge in [-0.1, -0.05) is 0 Å². The van der Waals surface area contributed by atoms with E-state index in [1.165, 1.54) is 37.2 Å². The number of ether oxygens (including phenoxy) is 1. The first-order chi connectivity index (χ1) is 12.2. The van der Waals surface area contributed by atoms with Gasteiger partial charge < -0.3 is 9.64 Å². The van der Waals surface area contributed by atoms with Crippen molar-refractivity contribution in [2.75, 3.05) is 26.2 Å². The van der Waals surface area contributed by atoms with Gasteiger partial charge in [0.1, 0.15) is 6.10 Å². The molecule has 0 aliphatic carbocycles. The quantitative estimate of drug-likeness (QED) is 0.837. The van der Waals surface area contributed by atoms with E-state index in [9.17, 15) is 0 Å². The molecule has 0 aromatic carbocycles. The van der Waals surface area contributed by atoms with Crippen LogP contribution in [0.25, 0.3) is 0 Å². The van der Waals surface area contributed by atoms with Crippen molar-refractivity contribution in [1.29, 1.82) is 0 Å². The monoisotopic (exact) mass is 343 g/mol. The SMILES string of the molecule is CCn1cc(C2CCN(C[C@@H]3CCO[C@H]3c3ccnn3C)CC2)cn1. The number of hydrogen-bond donors (Lipinski definition) is 0. The summed E-state index contributed by atoms with van der Waals surface area (Å²) in [7, 11) is 2.01. The summed E-state index contributed by atoms with van der Waals surface area (Å²) in [6, 6.07) is 2.10. The first-order valence-electron chi connectivity index (χ1n) is 9.58. The Labute approximate surface area is 149 Å². The molecule has 0 amide bonds. The molecule has 6 heteroatoms. The maximum absolute atomic E-state index is 6.04. The lowest BCUT2D eigenvalue weighted by atomic mass is 9.90. The molecule has 2 aromatic heterocycles. The topological polar surface area (TPSA) is 48.1 Å². The third-order valence-corrected chi connectivity index (χ3v) is 5.89. The van der Waals surface area contributed by atoms with E-state index in [4.69, 9.17) is 4.74 Å². The number of rotatable bonds is 5. The Balaban J connectivity index is 1.33. The molecule has 2 atom stereocenters. The fourth-order valence-corrected chi connectivity index (χ4v) is 4.35. The van der Waals surface area contributed by atoms with E-state index in [1.54, 1.807) is 0 Å². The number of nitrogens with zero attached hydrogens (tertiary/aromatic N) is 5. The van der Waals surface area contributed by atoms with Crippen LogP contribution >= 0.6 is 0 Å². The van der Waals surface area contributed by atoms with Crippen LogP contribution in [0.4, 0.5) is 0 Å². The Kier molecular flexibility index (Phi) is 4.90. The summed E-state index contributed by atoms with van der Waals surface area (Å²) in [6.07, 6.45) is 9.98. The van der Waals surface area contributed by atoms with Gasteiger partial charge in [0.25, 0.3) is 0 Å². The van der Waals surface area contributed by atoms with Crippen LogP contribution in [0.15, 0.2) is 24.7 Å². The van der Waals surface area contributed by atoms with Gasteiger partial charge in [0.05, 0.1) is 11.9 Å². The molecular weight excluding hydrogens is 314 g/mol. The maximum atomic E-state index is 6.04. The molecule has 0 spiro atoms. The van der Waals surface area contributed by atoms with Crippen molar-refractivity contribution in [2.24, 2.45) is 13.0 Å². The van der Waals surface area contributed by atoms with E-state index >= 15 is 0 Å². The normalized spacial score (nSPS) is 25.7. The van der Waals surface area contributed by atoms with Crippen molar-refractivity contribution in [3.05, 3.63) is 35.9 Å². The fraction of sp³-hybridized carbons (Fsp3) is 0.684. The average Bonchev–Trinajstić information content (AvgIpc) is 3.36. The predicted molar refractivity (Wildman–Crippen MR) is 96.3 cm³/mol. The zero-order valence-electron chi connectivity index (χ0n) is 15.3. The maximum Gasteiger partial charge on any atom is 0.103 e. The van der Waals surface area contributed by atoms with Gasteiger partial charge in [0, 0.05) is 45.1 Å². The van der Waals surface area contributed by atoms with Crippen LogP contribution in [0.5, 0.6) is 0 Å². The van der Waals surface area contributed by atoms with Crippen LogP contribution < -0.4 is 0 Å². The van der Waals surface area contributed by atoms with Crippen LogP contribution in [0, 0.1) is 5.92 Å². The predicted octanol–water partition coefficient (Wildman–Crippen LogP) is 2.59. The largest absolute Gasteiger partial charge is 0.372 e. The minimum absolute atomic E-state index is 0.202. The van der Waals surface area contributed by atoms with Crippen molar-refractivity contribution < 1.29 is 4.74 Å². The van der Waals surface area contributed by atoms with Crippen molar-refractivity contribution >= 4 is 0 Å². The van der Waals surface area contributed by atoms with E-state index in [2.05, 4.69) is 40.5 Å². The van der Waals surface area contributed by atoms with Crippen LogP contribution in [0.1, 0.15) is 49.5 Å². The summed E-state index contributed by atoms with van der Waals surface area (Å²) < 4.78 is 10.0. The minimum Gasteiger partial charge on any atom is -0.372 e. The lowest BCUT2D eigenvalue weighted by Crippen LogP contribution is -2.37. The molecule has 2 saturated heterocycles. The van der Waals surface area contributed by atoms with Gasteiger partial charge in [-0.3, -0.25) is 9.36 Å². The summed E-state index contributed by atoms with van der Waals surface area (Å²) in [4.78, 5) is 2.63. The van der Waals surface area contributed by atoms with Crippen LogP contribution in [-0.2, 0) is 18.3 Å². The minimum atomic E-state index is 0.202. The smallest absolute Gasteiger partial charge is 0.103 e. The Morgan fingerprint density at radius 2 is 2.04 bits per heavy atom. The van der Waals surface area contributed by atoms with Gasteiger partial charge >= 0.3 is 0 Å². The molecule has 25 heavy (non-hydrogen) atoms. The first kappa shape index (κ1) is 16.8. The van der Waals surface area contributed by atoms with Crippen LogP contribution in [0.3, 0.4) is 0 Å². The molecule has 4 heterocycles. The van der Waals surface area contributed by atoms with E-state index < -0.39 is 0 Å². The second-order valence-corrected chi connectivity index (χ2v) is 7.42. The number of aryl methyl sites for hydroxylation is 2. The molecule has 2 aliphatic heterocycles. The van der Waals surface area contributed by atoms with E-state index in [1.807, 2.05) is 22.6 Å². The number of piperidine rings is 1. The molecule has 0 radical (unpaired) electrons. The molecule has 2 fully saturated rings. The van der Waals surface area contributed by atoms with Gasteiger partial charge in [-0.2, -0.15) is 10.2 Å². The summed E-state index contributed by atoms with van der Waals surface area (Å²) in [5.74, 6) is 1.25. The van der Waals surface area contributed by atoms with Crippen LogP contribution in [0.2, 0.25) is 0 Å². The van der Waals surface area contributed by atoms with Gasteiger partial charge in [0.2, 0.25) is 0 Å². The Bertz CT molecular complexity index is 686. The first-order valence-corrected chi connectivity index (χ1v) is 9.58. The molecule has 0 bridgehead atoms.